The Kier molecular flexibility index (Phi) is 9.04. The predicted octanol–water partition coefficient (Wildman–Crippen LogP) is 6.55. The highest BCUT2D eigenvalue weighted by atomic mass is 16.5. The minimum absolute atomic E-state index is 0.798. The summed E-state index contributed by atoms with van der Waals surface area (Å²) >= 11 is 0. The molecule has 0 amide bonds. The standard InChI is InChI=1S/C22H38O/c1-3-5-7-8-19-9-13-21(14-10-19)22-15-11-20(12-16-22)18-23-17-6-4-2/h4,6-8,19-22H,3,5,9-18H2,1-2H3/b6-4-,8-7+/t19-,20?,21-,22?. The molecule has 0 aromatic rings. The number of unbranched alkanes of at least 4 members (excludes halogenated alkanes) is 1. The van der Waals surface area contributed by atoms with E-state index in [1.807, 2.05) is 0 Å². The lowest BCUT2D eigenvalue weighted by Crippen LogP contribution is -2.26. The third-order valence-electron chi connectivity index (χ3n) is 6.04. The van der Waals surface area contributed by atoms with Crippen LogP contribution in [-0.2, 0) is 4.74 Å². The molecule has 0 N–H and O–H groups in total. The van der Waals surface area contributed by atoms with Gasteiger partial charge in [0.05, 0.1) is 6.61 Å². The van der Waals surface area contributed by atoms with E-state index in [0.717, 1.165) is 36.9 Å². The zero-order valence-electron chi connectivity index (χ0n) is 15.5. The molecule has 0 atom stereocenters. The normalized spacial score (nSPS) is 32.8. The SMILES string of the molecule is C/C=C\COCC1CCC([C@H]2CC[C@H](/C=C/CCC)CC2)CC1. The van der Waals surface area contributed by atoms with Gasteiger partial charge < -0.3 is 4.74 Å². The third-order valence-corrected chi connectivity index (χ3v) is 6.04. The maximum absolute atomic E-state index is 5.76. The first-order valence-corrected chi connectivity index (χ1v) is 10.2. The molecule has 2 fully saturated rings. The largest absolute Gasteiger partial charge is 0.377 e. The van der Waals surface area contributed by atoms with Gasteiger partial charge in [0, 0.05) is 6.61 Å². The average Bonchev–Trinajstić information content (AvgIpc) is 2.60. The van der Waals surface area contributed by atoms with Crippen molar-refractivity contribution in [1.29, 1.82) is 0 Å². The lowest BCUT2D eigenvalue weighted by Gasteiger charge is -2.37. The van der Waals surface area contributed by atoms with Gasteiger partial charge in [-0.1, -0.05) is 37.6 Å². The Hall–Kier alpha value is -0.560. The maximum atomic E-state index is 5.76. The van der Waals surface area contributed by atoms with Gasteiger partial charge in [-0.15, -0.1) is 0 Å². The number of rotatable bonds is 8. The van der Waals surface area contributed by atoms with Crippen molar-refractivity contribution in [2.75, 3.05) is 13.2 Å². The fourth-order valence-electron chi connectivity index (χ4n) is 4.49. The van der Waals surface area contributed by atoms with E-state index >= 15 is 0 Å². The average molecular weight is 319 g/mol. The van der Waals surface area contributed by atoms with Crippen molar-refractivity contribution in [2.45, 2.75) is 78.1 Å². The molecule has 2 saturated carbocycles. The van der Waals surface area contributed by atoms with Crippen molar-refractivity contribution in [1.82, 2.24) is 0 Å². The predicted molar refractivity (Wildman–Crippen MR) is 101 cm³/mol. The molecule has 132 valence electrons. The van der Waals surface area contributed by atoms with Gasteiger partial charge in [0.25, 0.3) is 0 Å². The fourth-order valence-corrected chi connectivity index (χ4v) is 4.49. The van der Waals surface area contributed by atoms with Gasteiger partial charge in [0.15, 0.2) is 0 Å². The van der Waals surface area contributed by atoms with Gasteiger partial charge >= 0.3 is 0 Å². The lowest BCUT2D eigenvalue weighted by atomic mass is 9.69. The minimum atomic E-state index is 0.798. The Morgan fingerprint density at radius 2 is 1.52 bits per heavy atom. The summed E-state index contributed by atoms with van der Waals surface area (Å²) < 4.78 is 5.76. The van der Waals surface area contributed by atoms with Crippen LogP contribution in [-0.4, -0.2) is 13.2 Å². The van der Waals surface area contributed by atoms with Gasteiger partial charge in [-0.25, -0.2) is 0 Å². The first-order chi connectivity index (χ1) is 11.3. The zero-order valence-corrected chi connectivity index (χ0v) is 15.5. The molecule has 2 aliphatic rings. The summed E-state index contributed by atoms with van der Waals surface area (Å²) in [4.78, 5) is 0. The molecule has 2 aliphatic carbocycles. The molecule has 0 radical (unpaired) electrons. The van der Waals surface area contributed by atoms with E-state index in [1.165, 1.54) is 64.2 Å². The van der Waals surface area contributed by atoms with E-state index in [2.05, 4.69) is 38.2 Å². The van der Waals surface area contributed by atoms with Crippen molar-refractivity contribution >= 4 is 0 Å². The lowest BCUT2D eigenvalue weighted by molar-refractivity contribution is 0.0799. The second-order valence-corrected chi connectivity index (χ2v) is 7.78. The molecule has 0 saturated heterocycles. The Balaban J connectivity index is 1.61. The Morgan fingerprint density at radius 1 is 0.870 bits per heavy atom. The minimum Gasteiger partial charge on any atom is -0.377 e. The highest BCUT2D eigenvalue weighted by Gasteiger charge is 2.30. The number of ether oxygens (including phenoxy) is 1. The number of hydrogen-bond donors (Lipinski definition) is 0. The summed E-state index contributed by atoms with van der Waals surface area (Å²) in [6, 6.07) is 0. The molecule has 0 spiro atoms. The van der Waals surface area contributed by atoms with Crippen molar-refractivity contribution < 1.29 is 4.74 Å². The van der Waals surface area contributed by atoms with Gasteiger partial charge in [-0.2, -0.15) is 0 Å². The van der Waals surface area contributed by atoms with Crippen LogP contribution in [0.5, 0.6) is 0 Å². The van der Waals surface area contributed by atoms with Crippen LogP contribution in [0.25, 0.3) is 0 Å². The van der Waals surface area contributed by atoms with E-state index < -0.39 is 0 Å². The van der Waals surface area contributed by atoms with Crippen molar-refractivity contribution in [3.8, 4) is 0 Å². The second kappa shape index (κ2) is 11.1. The monoisotopic (exact) mass is 318 g/mol. The molecule has 0 aromatic carbocycles. The van der Waals surface area contributed by atoms with Gasteiger partial charge in [0.2, 0.25) is 0 Å². The Labute approximate surface area is 144 Å². The summed E-state index contributed by atoms with van der Waals surface area (Å²) in [5.41, 5.74) is 0. The number of allylic oxidation sites excluding steroid dienone is 3. The van der Waals surface area contributed by atoms with Gasteiger partial charge in [-0.05, 0) is 88.4 Å². The van der Waals surface area contributed by atoms with Crippen LogP contribution < -0.4 is 0 Å². The third kappa shape index (κ3) is 6.83. The smallest absolute Gasteiger partial charge is 0.0647 e. The summed E-state index contributed by atoms with van der Waals surface area (Å²) in [7, 11) is 0. The van der Waals surface area contributed by atoms with E-state index in [9.17, 15) is 0 Å². The summed E-state index contributed by atoms with van der Waals surface area (Å²) in [6.45, 7) is 6.10. The van der Waals surface area contributed by atoms with Crippen LogP contribution in [0.1, 0.15) is 78.1 Å². The molecule has 0 unspecified atom stereocenters. The van der Waals surface area contributed by atoms with Crippen LogP contribution in [0.15, 0.2) is 24.3 Å². The highest BCUT2D eigenvalue weighted by Crippen LogP contribution is 2.41. The second-order valence-electron chi connectivity index (χ2n) is 7.78. The highest BCUT2D eigenvalue weighted by molar-refractivity contribution is 4.92. The fraction of sp³-hybridized carbons (Fsp3) is 0.818. The topological polar surface area (TPSA) is 9.23 Å². The van der Waals surface area contributed by atoms with Crippen LogP contribution in [0.4, 0.5) is 0 Å². The molecule has 1 nitrogen and oxygen atoms in total. The summed E-state index contributed by atoms with van der Waals surface area (Å²) in [6.07, 6.45) is 23.2. The molecule has 0 heterocycles. The molecule has 0 bridgehead atoms. The molecule has 23 heavy (non-hydrogen) atoms. The van der Waals surface area contributed by atoms with E-state index in [1.54, 1.807) is 0 Å². The summed E-state index contributed by atoms with van der Waals surface area (Å²) in [5.74, 6) is 3.75. The van der Waals surface area contributed by atoms with Gasteiger partial charge in [-0.3, -0.25) is 0 Å². The van der Waals surface area contributed by atoms with E-state index in [-0.39, 0.29) is 0 Å². The zero-order chi connectivity index (χ0) is 16.3. The van der Waals surface area contributed by atoms with Crippen molar-refractivity contribution in [3.05, 3.63) is 24.3 Å². The maximum Gasteiger partial charge on any atom is 0.0647 e. The Bertz CT molecular complexity index is 341. The molecule has 0 aliphatic heterocycles. The van der Waals surface area contributed by atoms with Crippen molar-refractivity contribution in [3.63, 3.8) is 0 Å². The molecule has 1 heteroatoms. The number of hydrogen-bond acceptors (Lipinski definition) is 1. The van der Waals surface area contributed by atoms with Crippen LogP contribution in [0.2, 0.25) is 0 Å². The van der Waals surface area contributed by atoms with Crippen LogP contribution in [0, 0.1) is 23.7 Å². The van der Waals surface area contributed by atoms with E-state index in [4.69, 9.17) is 4.74 Å². The van der Waals surface area contributed by atoms with Crippen LogP contribution in [0.3, 0.4) is 0 Å². The molecule has 0 aromatic heterocycles. The molecule has 2 rings (SSSR count). The quantitative estimate of drug-likeness (QED) is 0.364. The molecular formula is C22H38O. The van der Waals surface area contributed by atoms with Gasteiger partial charge in [0.1, 0.15) is 0 Å². The van der Waals surface area contributed by atoms with Crippen LogP contribution >= 0.6 is 0 Å². The Morgan fingerprint density at radius 3 is 2.13 bits per heavy atom. The van der Waals surface area contributed by atoms with Crippen molar-refractivity contribution in [2.24, 2.45) is 23.7 Å². The summed E-state index contributed by atoms with van der Waals surface area (Å²) in [5, 5.41) is 0. The first-order valence-electron chi connectivity index (χ1n) is 10.2. The molecular weight excluding hydrogens is 280 g/mol. The van der Waals surface area contributed by atoms with E-state index in [0.29, 0.717) is 0 Å². The first kappa shape index (κ1) is 18.8.